The van der Waals surface area contributed by atoms with Crippen molar-refractivity contribution < 1.29 is 4.79 Å². The fraction of sp³-hybridized carbons (Fsp3) is 0.474. The van der Waals surface area contributed by atoms with Crippen molar-refractivity contribution in [2.75, 3.05) is 13.1 Å². The van der Waals surface area contributed by atoms with Crippen molar-refractivity contribution in [3.63, 3.8) is 0 Å². The van der Waals surface area contributed by atoms with Crippen molar-refractivity contribution in [1.29, 1.82) is 0 Å². The Bertz CT molecular complexity index is 764. The fourth-order valence-electron chi connectivity index (χ4n) is 3.70. The minimum atomic E-state index is -0.147. The van der Waals surface area contributed by atoms with Gasteiger partial charge in [0.15, 0.2) is 0 Å². The highest BCUT2D eigenvalue weighted by atomic mass is 16.2. The van der Waals surface area contributed by atoms with Gasteiger partial charge in [-0.2, -0.15) is 0 Å². The smallest absolute Gasteiger partial charge is 0.255 e. The molecule has 2 aromatic rings. The number of amides is 1. The zero-order chi connectivity index (χ0) is 16.4. The van der Waals surface area contributed by atoms with Crippen molar-refractivity contribution >= 4 is 16.7 Å². The zero-order valence-electron chi connectivity index (χ0n) is 13.9. The Labute approximate surface area is 136 Å². The van der Waals surface area contributed by atoms with Gasteiger partial charge in [-0.1, -0.05) is 44.9 Å². The number of H-pyrrole nitrogens is 1. The Morgan fingerprint density at radius 1 is 1.13 bits per heavy atom. The summed E-state index contributed by atoms with van der Waals surface area (Å²) in [7, 11) is 0. The van der Waals surface area contributed by atoms with E-state index in [1.54, 1.807) is 12.3 Å². The monoisotopic (exact) mass is 312 g/mol. The maximum atomic E-state index is 12.9. The largest absolute Gasteiger partial charge is 0.339 e. The maximum Gasteiger partial charge on any atom is 0.255 e. The molecule has 4 heteroatoms. The second-order valence-electron chi connectivity index (χ2n) is 6.58. The first-order valence-corrected chi connectivity index (χ1v) is 8.50. The average molecular weight is 312 g/mol. The van der Waals surface area contributed by atoms with Gasteiger partial charge >= 0.3 is 0 Å². The van der Waals surface area contributed by atoms with Crippen LogP contribution in [0.2, 0.25) is 0 Å². The number of aromatic nitrogens is 1. The SMILES string of the molecule is CCC1(CC)CCN(C(=O)c2c[nH]c(=O)c3ccccc23)CC1. The summed E-state index contributed by atoms with van der Waals surface area (Å²) in [6.45, 7) is 6.09. The first-order valence-electron chi connectivity index (χ1n) is 8.50. The highest BCUT2D eigenvalue weighted by Gasteiger charge is 2.33. The number of pyridine rings is 1. The Morgan fingerprint density at radius 3 is 2.35 bits per heavy atom. The van der Waals surface area contributed by atoms with Crippen LogP contribution in [0.25, 0.3) is 10.8 Å². The lowest BCUT2D eigenvalue weighted by Crippen LogP contribution is -2.43. The van der Waals surface area contributed by atoms with Crippen molar-refractivity contribution in [3.8, 4) is 0 Å². The van der Waals surface area contributed by atoms with E-state index in [0.717, 1.165) is 31.3 Å². The lowest BCUT2D eigenvalue weighted by molar-refractivity contribution is 0.0559. The molecule has 0 unspecified atom stereocenters. The van der Waals surface area contributed by atoms with Crippen LogP contribution in [0.1, 0.15) is 49.9 Å². The van der Waals surface area contributed by atoms with E-state index >= 15 is 0 Å². The topological polar surface area (TPSA) is 53.2 Å². The molecule has 1 aliphatic rings. The molecule has 1 amide bonds. The van der Waals surface area contributed by atoms with E-state index in [-0.39, 0.29) is 11.5 Å². The number of carbonyl (C=O) groups excluding carboxylic acids is 1. The van der Waals surface area contributed by atoms with E-state index in [4.69, 9.17) is 0 Å². The van der Waals surface area contributed by atoms with Crippen LogP contribution in [-0.4, -0.2) is 28.9 Å². The third-order valence-electron chi connectivity index (χ3n) is 5.65. The predicted octanol–water partition coefficient (Wildman–Crippen LogP) is 3.57. The third-order valence-corrected chi connectivity index (χ3v) is 5.65. The molecular weight excluding hydrogens is 288 g/mol. The minimum absolute atomic E-state index is 0.0262. The van der Waals surface area contributed by atoms with Crippen molar-refractivity contribution in [3.05, 3.63) is 46.4 Å². The summed E-state index contributed by atoms with van der Waals surface area (Å²) in [5.41, 5.74) is 0.844. The summed E-state index contributed by atoms with van der Waals surface area (Å²) in [5.74, 6) is 0.0262. The number of fused-ring (bicyclic) bond motifs is 1. The Hall–Kier alpha value is -2.10. The van der Waals surface area contributed by atoms with Crippen molar-refractivity contribution in [2.45, 2.75) is 39.5 Å². The standard InChI is InChI=1S/C19H24N2O2/c1-3-19(4-2)9-11-21(12-10-19)18(23)16-13-20-17(22)15-8-6-5-7-14(15)16/h5-8,13H,3-4,9-12H2,1-2H3,(H,20,22). The van der Waals surface area contributed by atoms with Gasteiger partial charge in [0, 0.05) is 30.1 Å². The average Bonchev–Trinajstić information content (AvgIpc) is 2.62. The minimum Gasteiger partial charge on any atom is -0.339 e. The number of hydrogen-bond acceptors (Lipinski definition) is 2. The van der Waals surface area contributed by atoms with E-state index < -0.39 is 0 Å². The van der Waals surface area contributed by atoms with Crippen molar-refractivity contribution in [2.24, 2.45) is 5.41 Å². The van der Waals surface area contributed by atoms with Crippen LogP contribution in [0.4, 0.5) is 0 Å². The quantitative estimate of drug-likeness (QED) is 0.942. The molecule has 1 aromatic carbocycles. The third kappa shape index (κ3) is 2.78. The molecule has 0 radical (unpaired) electrons. The highest BCUT2D eigenvalue weighted by Crippen LogP contribution is 2.38. The molecule has 0 saturated carbocycles. The maximum absolute atomic E-state index is 12.9. The molecule has 3 rings (SSSR count). The summed E-state index contributed by atoms with van der Waals surface area (Å²) in [6.07, 6.45) is 6.04. The van der Waals surface area contributed by atoms with Crippen LogP contribution in [0.5, 0.6) is 0 Å². The first kappa shape index (κ1) is 15.8. The Kier molecular flexibility index (Phi) is 4.24. The second-order valence-corrected chi connectivity index (χ2v) is 6.58. The van der Waals surface area contributed by atoms with E-state index in [0.29, 0.717) is 16.4 Å². The highest BCUT2D eigenvalue weighted by molar-refractivity contribution is 6.06. The van der Waals surface area contributed by atoms with Crippen LogP contribution < -0.4 is 5.56 Å². The van der Waals surface area contributed by atoms with E-state index in [9.17, 15) is 9.59 Å². The number of piperidine rings is 1. The fourth-order valence-corrected chi connectivity index (χ4v) is 3.70. The molecule has 1 N–H and O–H groups in total. The summed E-state index contributed by atoms with van der Waals surface area (Å²) in [5, 5.41) is 1.32. The number of rotatable bonds is 3. The van der Waals surface area contributed by atoms with Gasteiger partial charge in [0.1, 0.15) is 0 Å². The Morgan fingerprint density at radius 2 is 1.74 bits per heavy atom. The van der Waals surface area contributed by atoms with Gasteiger partial charge in [-0.05, 0) is 24.3 Å². The van der Waals surface area contributed by atoms with Crippen molar-refractivity contribution in [1.82, 2.24) is 9.88 Å². The Balaban J connectivity index is 1.88. The van der Waals surface area contributed by atoms with Gasteiger partial charge in [-0.15, -0.1) is 0 Å². The molecule has 1 aliphatic heterocycles. The van der Waals surface area contributed by atoms with Crippen LogP contribution in [-0.2, 0) is 0 Å². The molecule has 4 nitrogen and oxygen atoms in total. The summed E-state index contributed by atoms with van der Waals surface area (Å²) in [4.78, 5) is 29.5. The molecule has 1 aromatic heterocycles. The van der Waals surface area contributed by atoms with Crippen LogP contribution in [0.3, 0.4) is 0 Å². The molecule has 0 bridgehead atoms. The zero-order valence-corrected chi connectivity index (χ0v) is 13.9. The van der Waals surface area contributed by atoms with Gasteiger partial charge in [0.2, 0.25) is 0 Å². The van der Waals surface area contributed by atoms with Gasteiger partial charge < -0.3 is 9.88 Å². The van der Waals surface area contributed by atoms with Gasteiger partial charge in [-0.25, -0.2) is 0 Å². The normalized spacial score (nSPS) is 17.4. The number of nitrogens with zero attached hydrogens (tertiary/aromatic N) is 1. The lowest BCUT2D eigenvalue weighted by Gasteiger charge is -2.41. The second kappa shape index (κ2) is 6.19. The molecule has 122 valence electrons. The number of hydrogen-bond donors (Lipinski definition) is 1. The number of benzene rings is 1. The molecule has 1 fully saturated rings. The molecule has 2 heterocycles. The first-order chi connectivity index (χ1) is 11.1. The van der Waals surface area contributed by atoms with Gasteiger partial charge in [0.05, 0.1) is 5.56 Å². The number of carbonyl (C=O) groups is 1. The molecule has 0 aliphatic carbocycles. The molecule has 1 saturated heterocycles. The van der Waals surface area contributed by atoms with Crippen LogP contribution in [0, 0.1) is 5.41 Å². The van der Waals surface area contributed by atoms with E-state index in [1.165, 1.54) is 12.8 Å². The van der Waals surface area contributed by atoms with E-state index in [1.807, 2.05) is 23.1 Å². The van der Waals surface area contributed by atoms with Gasteiger partial charge in [0.25, 0.3) is 11.5 Å². The molecule has 0 spiro atoms. The summed E-state index contributed by atoms with van der Waals surface area (Å²) >= 11 is 0. The van der Waals surface area contributed by atoms with Crippen LogP contribution >= 0.6 is 0 Å². The number of likely N-dealkylation sites (tertiary alicyclic amines) is 1. The number of nitrogens with one attached hydrogen (secondary N) is 1. The number of aromatic amines is 1. The van der Waals surface area contributed by atoms with Crippen LogP contribution in [0.15, 0.2) is 35.3 Å². The van der Waals surface area contributed by atoms with E-state index in [2.05, 4.69) is 18.8 Å². The molecular formula is C19H24N2O2. The predicted molar refractivity (Wildman–Crippen MR) is 92.7 cm³/mol. The van der Waals surface area contributed by atoms with Gasteiger partial charge in [-0.3, -0.25) is 9.59 Å². The summed E-state index contributed by atoms with van der Waals surface area (Å²) in [6, 6.07) is 7.31. The molecule has 23 heavy (non-hydrogen) atoms. The molecule has 0 atom stereocenters. The lowest BCUT2D eigenvalue weighted by atomic mass is 9.74. The summed E-state index contributed by atoms with van der Waals surface area (Å²) < 4.78 is 0.